The molecule has 0 saturated heterocycles. The molecule has 3 aromatic carbocycles. The highest BCUT2D eigenvalue weighted by Gasteiger charge is 2.09. The van der Waals surface area contributed by atoms with Crippen molar-refractivity contribution in [1.82, 2.24) is 0 Å². The molecule has 0 aromatic heterocycles. The summed E-state index contributed by atoms with van der Waals surface area (Å²) >= 11 is 0. The van der Waals surface area contributed by atoms with Gasteiger partial charge < -0.3 is 9.47 Å². The first-order chi connectivity index (χ1) is 12.7. The number of aryl methyl sites for hydroxylation is 1. The monoisotopic (exact) mass is 346 g/mol. The Morgan fingerprint density at radius 1 is 0.808 bits per heavy atom. The zero-order chi connectivity index (χ0) is 18.4. The SMILES string of the molecule is COc1ccc(N=Nc2ccc(C(=O)Oc3ccccc3C)cc2)cc1. The van der Waals surface area contributed by atoms with Gasteiger partial charge in [0, 0.05) is 0 Å². The van der Waals surface area contributed by atoms with Gasteiger partial charge >= 0.3 is 5.97 Å². The van der Waals surface area contributed by atoms with Crippen LogP contribution in [0.2, 0.25) is 0 Å². The average molecular weight is 346 g/mol. The Hall–Kier alpha value is -3.47. The molecule has 0 aliphatic rings. The molecule has 0 radical (unpaired) electrons. The van der Waals surface area contributed by atoms with Gasteiger partial charge in [-0.15, -0.1) is 0 Å². The van der Waals surface area contributed by atoms with Gasteiger partial charge in [-0.1, -0.05) is 18.2 Å². The van der Waals surface area contributed by atoms with Crippen LogP contribution in [0.1, 0.15) is 15.9 Å². The summed E-state index contributed by atoms with van der Waals surface area (Å²) in [4.78, 5) is 12.2. The van der Waals surface area contributed by atoms with E-state index in [0.29, 0.717) is 22.7 Å². The highest BCUT2D eigenvalue weighted by Crippen LogP contribution is 2.22. The van der Waals surface area contributed by atoms with E-state index >= 15 is 0 Å². The van der Waals surface area contributed by atoms with Gasteiger partial charge in [0.15, 0.2) is 0 Å². The quantitative estimate of drug-likeness (QED) is 0.341. The molecule has 3 aromatic rings. The Labute approximate surface area is 151 Å². The molecule has 0 amide bonds. The third kappa shape index (κ3) is 4.33. The molecule has 0 fully saturated rings. The number of carbonyl (C=O) groups is 1. The Morgan fingerprint density at radius 3 is 1.96 bits per heavy atom. The predicted molar refractivity (Wildman–Crippen MR) is 99.7 cm³/mol. The molecule has 0 bridgehead atoms. The lowest BCUT2D eigenvalue weighted by atomic mass is 10.2. The Morgan fingerprint density at radius 2 is 1.38 bits per heavy atom. The maximum absolute atomic E-state index is 12.2. The first kappa shape index (κ1) is 17.4. The van der Waals surface area contributed by atoms with E-state index in [0.717, 1.165) is 11.3 Å². The van der Waals surface area contributed by atoms with Gasteiger partial charge in [-0.05, 0) is 67.1 Å². The van der Waals surface area contributed by atoms with Crippen LogP contribution < -0.4 is 9.47 Å². The van der Waals surface area contributed by atoms with Crippen molar-refractivity contribution in [1.29, 1.82) is 0 Å². The zero-order valence-corrected chi connectivity index (χ0v) is 14.5. The van der Waals surface area contributed by atoms with E-state index in [2.05, 4.69) is 10.2 Å². The molecule has 0 heterocycles. The van der Waals surface area contributed by atoms with E-state index in [-0.39, 0.29) is 0 Å². The van der Waals surface area contributed by atoms with Crippen molar-refractivity contribution >= 4 is 17.3 Å². The Kier molecular flexibility index (Phi) is 5.39. The highest BCUT2D eigenvalue weighted by atomic mass is 16.5. The van der Waals surface area contributed by atoms with Gasteiger partial charge in [-0.2, -0.15) is 10.2 Å². The summed E-state index contributed by atoms with van der Waals surface area (Å²) in [5, 5.41) is 8.32. The second-order valence-electron chi connectivity index (χ2n) is 5.60. The van der Waals surface area contributed by atoms with Crippen LogP contribution in [0.4, 0.5) is 11.4 Å². The number of ether oxygens (including phenoxy) is 2. The zero-order valence-electron chi connectivity index (χ0n) is 14.5. The number of esters is 1. The van der Waals surface area contributed by atoms with Crippen molar-refractivity contribution in [3.05, 3.63) is 83.9 Å². The summed E-state index contributed by atoms with van der Waals surface area (Å²) in [5.74, 6) is 0.916. The maximum atomic E-state index is 12.2. The number of azo groups is 1. The van der Waals surface area contributed by atoms with Crippen molar-refractivity contribution in [2.75, 3.05) is 7.11 Å². The Bertz CT molecular complexity index is 917. The minimum absolute atomic E-state index is 0.405. The molecule has 0 atom stereocenters. The number of para-hydroxylation sites is 1. The summed E-state index contributed by atoms with van der Waals surface area (Å²) in [5.41, 5.74) is 2.73. The van der Waals surface area contributed by atoms with E-state index in [1.165, 1.54) is 0 Å². The largest absolute Gasteiger partial charge is 0.497 e. The number of benzene rings is 3. The van der Waals surface area contributed by atoms with Gasteiger partial charge in [-0.25, -0.2) is 4.79 Å². The second kappa shape index (κ2) is 8.07. The van der Waals surface area contributed by atoms with E-state index < -0.39 is 5.97 Å². The van der Waals surface area contributed by atoms with Crippen molar-refractivity contribution in [2.24, 2.45) is 10.2 Å². The third-order valence-corrected chi connectivity index (χ3v) is 3.75. The summed E-state index contributed by atoms with van der Waals surface area (Å²) in [6.07, 6.45) is 0. The number of methoxy groups -OCH3 is 1. The topological polar surface area (TPSA) is 60.2 Å². The minimum atomic E-state index is -0.405. The van der Waals surface area contributed by atoms with Gasteiger partial charge in [0.1, 0.15) is 11.5 Å². The van der Waals surface area contributed by atoms with Crippen LogP contribution in [0.5, 0.6) is 11.5 Å². The van der Waals surface area contributed by atoms with E-state index in [9.17, 15) is 4.79 Å². The fraction of sp³-hybridized carbons (Fsp3) is 0.0952. The predicted octanol–water partition coefficient (Wildman–Crippen LogP) is 5.64. The number of hydrogen-bond acceptors (Lipinski definition) is 5. The average Bonchev–Trinajstić information content (AvgIpc) is 2.69. The van der Waals surface area contributed by atoms with Gasteiger partial charge in [-0.3, -0.25) is 0 Å². The first-order valence-corrected chi connectivity index (χ1v) is 8.09. The number of hydrogen-bond donors (Lipinski definition) is 0. The lowest BCUT2D eigenvalue weighted by Gasteiger charge is -2.06. The highest BCUT2D eigenvalue weighted by molar-refractivity contribution is 5.91. The van der Waals surface area contributed by atoms with E-state index in [1.54, 1.807) is 37.4 Å². The number of rotatable bonds is 5. The maximum Gasteiger partial charge on any atom is 0.343 e. The van der Waals surface area contributed by atoms with Crippen LogP contribution >= 0.6 is 0 Å². The van der Waals surface area contributed by atoms with Crippen molar-refractivity contribution in [3.63, 3.8) is 0 Å². The standard InChI is InChI=1S/C21H18N2O3/c1-15-5-3-4-6-20(15)26-21(24)16-7-9-17(10-8-16)22-23-18-11-13-19(25-2)14-12-18/h3-14H,1-2H3. The van der Waals surface area contributed by atoms with Crippen LogP contribution in [0.3, 0.4) is 0 Å². The lowest BCUT2D eigenvalue weighted by Crippen LogP contribution is -2.08. The normalized spacial score (nSPS) is 10.7. The molecule has 0 unspecified atom stereocenters. The lowest BCUT2D eigenvalue weighted by molar-refractivity contribution is 0.0733. The van der Waals surface area contributed by atoms with Crippen LogP contribution in [-0.2, 0) is 0 Å². The molecule has 0 aliphatic heterocycles. The molecule has 5 nitrogen and oxygen atoms in total. The number of nitrogens with zero attached hydrogens (tertiary/aromatic N) is 2. The van der Waals surface area contributed by atoms with E-state index in [4.69, 9.17) is 9.47 Å². The molecule has 0 spiro atoms. The van der Waals surface area contributed by atoms with Gasteiger partial charge in [0.2, 0.25) is 0 Å². The molecule has 0 saturated carbocycles. The van der Waals surface area contributed by atoms with Crippen molar-refractivity contribution < 1.29 is 14.3 Å². The molecular weight excluding hydrogens is 328 g/mol. The summed E-state index contributed by atoms with van der Waals surface area (Å²) < 4.78 is 10.5. The summed E-state index contributed by atoms with van der Waals surface area (Å²) in [7, 11) is 1.61. The third-order valence-electron chi connectivity index (χ3n) is 3.75. The molecule has 0 aliphatic carbocycles. The summed E-state index contributed by atoms with van der Waals surface area (Å²) in [6, 6.07) is 21.4. The van der Waals surface area contributed by atoms with E-state index in [1.807, 2.05) is 49.4 Å². The minimum Gasteiger partial charge on any atom is -0.497 e. The molecular formula is C21H18N2O3. The fourth-order valence-electron chi connectivity index (χ4n) is 2.26. The molecule has 130 valence electrons. The second-order valence-corrected chi connectivity index (χ2v) is 5.60. The van der Waals surface area contributed by atoms with Gasteiger partial charge in [0.25, 0.3) is 0 Å². The van der Waals surface area contributed by atoms with Gasteiger partial charge in [0.05, 0.1) is 24.0 Å². The van der Waals surface area contributed by atoms with Crippen LogP contribution in [-0.4, -0.2) is 13.1 Å². The summed E-state index contributed by atoms with van der Waals surface area (Å²) in [6.45, 7) is 1.89. The number of carbonyl (C=O) groups excluding carboxylic acids is 1. The molecule has 26 heavy (non-hydrogen) atoms. The first-order valence-electron chi connectivity index (χ1n) is 8.09. The van der Waals surface area contributed by atoms with Crippen molar-refractivity contribution in [2.45, 2.75) is 6.92 Å². The smallest absolute Gasteiger partial charge is 0.343 e. The molecule has 3 rings (SSSR count). The molecule has 0 N–H and O–H groups in total. The Balaban J connectivity index is 1.66. The van der Waals surface area contributed by atoms with Crippen LogP contribution in [0.25, 0.3) is 0 Å². The van der Waals surface area contributed by atoms with Crippen LogP contribution in [0, 0.1) is 6.92 Å². The fourth-order valence-corrected chi connectivity index (χ4v) is 2.26. The van der Waals surface area contributed by atoms with Crippen LogP contribution in [0.15, 0.2) is 83.0 Å². The van der Waals surface area contributed by atoms with Crippen molar-refractivity contribution in [3.8, 4) is 11.5 Å². The molecule has 5 heteroatoms.